The van der Waals surface area contributed by atoms with Gasteiger partial charge in [0.2, 0.25) is 11.8 Å². The lowest BCUT2D eigenvalue weighted by Crippen LogP contribution is -2.44. The van der Waals surface area contributed by atoms with E-state index in [9.17, 15) is 14.7 Å². The van der Waals surface area contributed by atoms with E-state index >= 15 is 0 Å². The number of carbonyl (C=O) groups excluding carboxylic acids is 2. The third kappa shape index (κ3) is 7.28. The van der Waals surface area contributed by atoms with Crippen LogP contribution < -0.4 is 16.0 Å². The Hall–Kier alpha value is -1.96. The molecule has 0 spiro atoms. The van der Waals surface area contributed by atoms with E-state index in [2.05, 4.69) is 16.0 Å². The normalized spacial score (nSPS) is 22.5. The SMILES string of the molecule is CC(=O)Nc1ccc(CN[C@@H]2CO[C@H](CNC(=O)CC(C)(C)C)[C@H]2O)cc1. The van der Waals surface area contributed by atoms with Gasteiger partial charge in [0.25, 0.3) is 0 Å². The number of hydrogen-bond acceptors (Lipinski definition) is 5. The minimum absolute atomic E-state index is 0.0334. The summed E-state index contributed by atoms with van der Waals surface area (Å²) in [5, 5.41) is 19.3. The Labute approximate surface area is 160 Å². The molecule has 0 aliphatic carbocycles. The molecule has 0 bridgehead atoms. The zero-order valence-corrected chi connectivity index (χ0v) is 16.5. The lowest BCUT2D eigenvalue weighted by atomic mass is 9.92. The molecule has 1 aliphatic rings. The molecule has 1 fully saturated rings. The molecule has 0 radical (unpaired) electrons. The van der Waals surface area contributed by atoms with Crippen molar-refractivity contribution in [3.05, 3.63) is 29.8 Å². The van der Waals surface area contributed by atoms with Crippen molar-refractivity contribution in [1.82, 2.24) is 10.6 Å². The highest BCUT2D eigenvalue weighted by Crippen LogP contribution is 2.19. The van der Waals surface area contributed by atoms with Gasteiger partial charge in [-0.15, -0.1) is 0 Å². The maximum atomic E-state index is 11.9. The Morgan fingerprint density at radius 2 is 1.89 bits per heavy atom. The van der Waals surface area contributed by atoms with E-state index in [1.54, 1.807) is 0 Å². The number of amides is 2. The topological polar surface area (TPSA) is 99.7 Å². The number of aliphatic hydroxyl groups is 1. The molecular formula is C20H31N3O4. The fourth-order valence-electron chi connectivity index (χ4n) is 2.96. The minimum atomic E-state index is -0.682. The Balaban J connectivity index is 1.75. The fraction of sp³-hybridized carbons (Fsp3) is 0.600. The second-order valence-electron chi connectivity index (χ2n) is 8.27. The van der Waals surface area contributed by atoms with Gasteiger partial charge in [0.15, 0.2) is 0 Å². The number of carbonyl (C=O) groups is 2. The molecule has 1 aromatic rings. The van der Waals surface area contributed by atoms with E-state index in [4.69, 9.17) is 4.74 Å². The first-order chi connectivity index (χ1) is 12.6. The van der Waals surface area contributed by atoms with Gasteiger partial charge < -0.3 is 25.8 Å². The molecule has 0 unspecified atom stereocenters. The maximum Gasteiger partial charge on any atom is 0.221 e. The quantitative estimate of drug-likeness (QED) is 0.576. The summed E-state index contributed by atoms with van der Waals surface area (Å²) in [6, 6.07) is 7.33. The molecule has 2 amide bonds. The van der Waals surface area contributed by atoms with Crippen molar-refractivity contribution in [2.24, 2.45) is 5.41 Å². The largest absolute Gasteiger partial charge is 0.389 e. The second-order valence-corrected chi connectivity index (χ2v) is 8.27. The summed E-state index contributed by atoms with van der Waals surface area (Å²) < 4.78 is 5.63. The molecule has 0 saturated carbocycles. The fourth-order valence-corrected chi connectivity index (χ4v) is 2.96. The zero-order valence-electron chi connectivity index (χ0n) is 16.5. The van der Waals surface area contributed by atoms with Crippen molar-refractivity contribution in [3.8, 4) is 0 Å². The molecule has 2 rings (SSSR count). The van der Waals surface area contributed by atoms with Crippen LogP contribution in [0.3, 0.4) is 0 Å². The van der Waals surface area contributed by atoms with Crippen LogP contribution >= 0.6 is 0 Å². The van der Waals surface area contributed by atoms with Crippen LogP contribution in [-0.2, 0) is 20.9 Å². The summed E-state index contributed by atoms with van der Waals surface area (Å²) >= 11 is 0. The molecule has 7 heteroatoms. The maximum absolute atomic E-state index is 11.9. The van der Waals surface area contributed by atoms with E-state index in [1.165, 1.54) is 6.92 Å². The number of benzene rings is 1. The molecular weight excluding hydrogens is 346 g/mol. The predicted molar refractivity (Wildman–Crippen MR) is 104 cm³/mol. The monoisotopic (exact) mass is 377 g/mol. The number of ether oxygens (including phenoxy) is 1. The first kappa shape index (κ1) is 21.3. The Morgan fingerprint density at radius 3 is 2.48 bits per heavy atom. The smallest absolute Gasteiger partial charge is 0.221 e. The third-order valence-corrected chi connectivity index (χ3v) is 4.32. The number of aliphatic hydroxyl groups excluding tert-OH is 1. The molecule has 27 heavy (non-hydrogen) atoms. The van der Waals surface area contributed by atoms with Gasteiger partial charge in [-0.2, -0.15) is 0 Å². The molecule has 0 aromatic heterocycles. The number of hydrogen-bond donors (Lipinski definition) is 4. The summed E-state index contributed by atoms with van der Waals surface area (Å²) in [6.45, 7) is 8.78. The van der Waals surface area contributed by atoms with E-state index in [-0.39, 0.29) is 23.3 Å². The second kappa shape index (κ2) is 9.30. The highest BCUT2D eigenvalue weighted by atomic mass is 16.5. The van der Waals surface area contributed by atoms with Crippen LogP contribution in [-0.4, -0.2) is 48.3 Å². The number of nitrogens with one attached hydrogen (secondary N) is 3. The van der Waals surface area contributed by atoms with Crippen molar-refractivity contribution in [2.75, 3.05) is 18.5 Å². The molecule has 150 valence electrons. The first-order valence-electron chi connectivity index (χ1n) is 9.30. The Kier molecular flexibility index (Phi) is 7.35. The average Bonchev–Trinajstić information content (AvgIpc) is 2.90. The van der Waals surface area contributed by atoms with Crippen LogP contribution in [0.4, 0.5) is 5.69 Å². The molecule has 7 nitrogen and oxygen atoms in total. The van der Waals surface area contributed by atoms with Gasteiger partial charge in [0.1, 0.15) is 6.10 Å². The van der Waals surface area contributed by atoms with E-state index in [1.807, 2.05) is 45.0 Å². The lowest BCUT2D eigenvalue weighted by molar-refractivity contribution is -0.123. The van der Waals surface area contributed by atoms with Crippen molar-refractivity contribution in [1.29, 1.82) is 0 Å². The number of anilines is 1. The molecule has 1 aliphatic heterocycles. The van der Waals surface area contributed by atoms with Crippen molar-refractivity contribution < 1.29 is 19.4 Å². The van der Waals surface area contributed by atoms with Crippen LogP contribution in [0.5, 0.6) is 0 Å². The third-order valence-electron chi connectivity index (χ3n) is 4.32. The highest BCUT2D eigenvalue weighted by molar-refractivity contribution is 5.88. The van der Waals surface area contributed by atoms with Crippen LogP contribution in [0.25, 0.3) is 0 Å². The predicted octanol–water partition coefficient (Wildman–Crippen LogP) is 1.42. The highest BCUT2D eigenvalue weighted by Gasteiger charge is 2.35. The van der Waals surface area contributed by atoms with Gasteiger partial charge in [-0.3, -0.25) is 9.59 Å². The van der Waals surface area contributed by atoms with Gasteiger partial charge in [0.05, 0.1) is 18.8 Å². The van der Waals surface area contributed by atoms with E-state index in [0.717, 1.165) is 11.3 Å². The zero-order chi connectivity index (χ0) is 20.0. The van der Waals surface area contributed by atoms with E-state index in [0.29, 0.717) is 26.1 Å². The first-order valence-corrected chi connectivity index (χ1v) is 9.30. The molecule has 3 atom stereocenters. The summed E-state index contributed by atoms with van der Waals surface area (Å²) in [5.41, 5.74) is 1.72. The van der Waals surface area contributed by atoms with Crippen molar-refractivity contribution >= 4 is 17.5 Å². The van der Waals surface area contributed by atoms with Gasteiger partial charge in [0, 0.05) is 32.1 Å². The summed E-state index contributed by atoms with van der Waals surface area (Å²) in [5.74, 6) is -0.137. The summed E-state index contributed by atoms with van der Waals surface area (Å²) in [7, 11) is 0. The Bertz CT molecular complexity index is 640. The average molecular weight is 377 g/mol. The standard InChI is InChI=1S/C20H31N3O4/c1-13(24)23-15-7-5-14(6-8-15)10-21-16-12-27-17(19(16)26)11-22-18(25)9-20(2,3)4/h5-8,16-17,19,21,26H,9-12H2,1-4H3,(H,22,25)(H,23,24)/t16-,17-,19+/m1/s1. The van der Waals surface area contributed by atoms with Gasteiger partial charge in [-0.05, 0) is 23.1 Å². The Morgan fingerprint density at radius 1 is 1.22 bits per heavy atom. The molecule has 1 saturated heterocycles. The molecule has 4 N–H and O–H groups in total. The minimum Gasteiger partial charge on any atom is -0.389 e. The van der Waals surface area contributed by atoms with Crippen LogP contribution in [0.1, 0.15) is 39.7 Å². The van der Waals surface area contributed by atoms with Crippen LogP contribution in [0.2, 0.25) is 0 Å². The van der Waals surface area contributed by atoms with E-state index < -0.39 is 12.2 Å². The summed E-state index contributed by atoms with van der Waals surface area (Å²) in [4.78, 5) is 23.0. The van der Waals surface area contributed by atoms with Crippen molar-refractivity contribution in [2.45, 2.75) is 58.9 Å². The van der Waals surface area contributed by atoms with Gasteiger partial charge >= 0.3 is 0 Å². The van der Waals surface area contributed by atoms with Crippen LogP contribution in [0, 0.1) is 5.41 Å². The van der Waals surface area contributed by atoms with Gasteiger partial charge in [-0.1, -0.05) is 32.9 Å². The number of rotatable bonds is 7. The van der Waals surface area contributed by atoms with Gasteiger partial charge in [-0.25, -0.2) is 0 Å². The summed E-state index contributed by atoms with van der Waals surface area (Å²) in [6.07, 6.45) is -0.654. The lowest BCUT2D eigenvalue weighted by Gasteiger charge is -2.21. The molecule has 1 heterocycles. The van der Waals surface area contributed by atoms with Crippen LogP contribution in [0.15, 0.2) is 24.3 Å². The molecule has 1 aromatic carbocycles. The van der Waals surface area contributed by atoms with Crippen molar-refractivity contribution in [3.63, 3.8) is 0 Å².